The normalized spacial score (nSPS) is 20.0. The summed E-state index contributed by atoms with van der Waals surface area (Å²) in [6.07, 6.45) is 4.39. The Labute approximate surface area is 169 Å². The van der Waals surface area contributed by atoms with E-state index in [2.05, 4.69) is 24.1 Å². The van der Waals surface area contributed by atoms with Crippen molar-refractivity contribution in [3.63, 3.8) is 0 Å². The largest absolute Gasteiger partial charge is 0.478 e. The number of rotatable bonds is 7. The van der Waals surface area contributed by atoms with E-state index < -0.39 is 17.4 Å². The molecule has 0 radical (unpaired) electrons. The molecule has 1 saturated heterocycles. The lowest BCUT2D eigenvalue weighted by molar-refractivity contribution is -0.140. The molecule has 1 rings (SSSR count). The topological polar surface area (TPSA) is 90.0 Å². The lowest BCUT2D eigenvalue weighted by atomic mass is 9.85. The molecule has 1 fully saturated rings. The standard InChI is InChI=1S/C21H37N3O4/c1-14(2)24-12-9-8-10-16(24)18(25)22-17(21(4,5)6)19(26)23(7)13-11-15(3)20(27)28/h11,14,16-17H,8-10,12-13H2,1-7H3,(H,22,25)(H,27,28)/b15-11+/t16-,17?/m1/s1. The van der Waals surface area contributed by atoms with Gasteiger partial charge >= 0.3 is 5.97 Å². The number of carboxylic acids is 1. The zero-order valence-corrected chi connectivity index (χ0v) is 18.4. The van der Waals surface area contributed by atoms with Crippen LogP contribution in [0.1, 0.15) is 60.8 Å². The summed E-state index contributed by atoms with van der Waals surface area (Å²) in [5.41, 5.74) is -0.282. The maximum atomic E-state index is 13.0. The highest BCUT2D eigenvalue weighted by molar-refractivity contribution is 5.90. The summed E-state index contributed by atoms with van der Waals surface area (Å²) in [5.74, 6) is -1.33. The van der Waals surface area contributed by atoms with Gasteiger partial charge in [-0.05, 0) is 45.6 Å². The molecule has 28 heavy (non-hydrogen) atoms. The van der Waals surface area contributed by atoms with E-state index in [4.69, 9.17) is 5.11 Å². The van der Waals surface area contributed by atoms with Crippen molar-refractivity contribution >= 4 is 17.8 Å². The Morgan fingerprint density at radius 2 is 1.86 bits per heavy atom. The summed E-state index contributed by atoms with van der Waals surface area (Å²) in [6.45, 7) is 12.5. The minimum atomic E-state index is -1.01. The second kappa shape index (κ2) is 10.0. The van der Waals surface area contributed by atoms with Gasteiger partial charge < -0.3 is 15.3 Å². The van der Waals surface area contributed by atoms with Crippen LogP contribution < -0.4 is 5.32 Å². The summed E-state index contributed by atoms with van der Waals surface area (Å²) < 4.78 is 0. The molecular formula is C21H37N3O4. The molecule has 0 saturated carbocycles. The molecule has 1 unspecified atom stereocenters. The number of carbonyl (C=O) groups is 3. The third kappa shape index (κ3) is 6.62. The number of carboxylic acid groups (broad SMARTS) is 1. The van der Waals surface area contributed by atoms with Gasteiger partial charge in [0.05, 0.1) is 6.04 Å². The molecule has 160 valence electrons. The average Bonchev–Trinajstić information content (AvgIpc) is 2.61. The quantitative estimate of drug-likeness (QED) is 0.646. The Bertz CT molecular complexity index is 607. The fourth-order valence-corrected chi connectivity index (χ4v) is 3.41. The van der Waals surface area contributed by atoms with E-state index in [1.54, 1.807) is 7.05 Å². The third-order valence-corrected chi connectivity index (χ3v) is 5.29. The molecule has 0 bridgehead atoms. The van der Waals surface area contributed by atoms with Gasteiger partial charge in [-0.25, -0.2) is 4.79 Å². The van der Waals surface area contributed by atoms with E-state index in [9.17, 15) is 14.4 Å². The molecule has 0 aromatic carbocycles. The van der Waals surface area contributed by atoms with Crippen molar-refractivity contribution in [2.45, 2.75) is 78.9 Å². The number of aliphatic carboxylic acids is 1. The summed E-state index contributed by atoms with van der Waals surface area (Å²) >= 11 is 0. The highest BCUT2D eigenvalue weighted by atomic mass is 16.4. The Balaban J connectivity index is 2.93. The Hall–Kier alpha value is -1.89. The second-order valence-corrected chi connectivity index (χ2v) is 9.06. The van der Waals surface area contributed by atoms with Crippen LogP contribution in [0.3, 0.4) is 0 Å². The average molecular weight is 396 g/mol. The zero-order valence-electron chi connectivity index (χ0n) is 18.4. The van der Waals surface area contributed by atoms with Crippen LogP contribution in [0.15, 0.2) is 11.6 Å². The molecule has 0 aromatic rings. The number of likely N-dealkylation sites (tertiary alicyclic amines) is 1. The van der Waals surface area contributed by atoms with Gasteiger partial charge in [0.2, 0.25) is 11.8 Å². The van der Waals surface area contributed by atoms with Gasteiger partial charge in [-0.2, -0.15) is 0 Å². The molecule has 0 aliphatic carbocycles. The van der Waals surface area contributed by atoms with E-state index in [1.807, 2.05) is 20.8 Å². The van der Waals surface area contributed by atoms with E-state index in [-0.39, 0.29) is 36.0 Å². The summed E-state index contributed by atoms with van der Waals surface area (Å²) in [7, 11) is 1.62. The summed E-state index contributed by atoms with van der Waals surface area (Å²) in [5, 5.41) is 12.0. The van der Waals surface area contributed by atoms with Crippen molar-refractivity contribution in [2.24, 2.45) is 5.41 Å². The first-order valence-corrected chi connectivity index (χ1v) is 10.1. The fourth-order valence-electron chi connectivity index (χ4n) is 3.41. The van der Waals surface area contributed by atoms with E-state index in [1.165, 1.54) is 17.9 Å². The number of piperidine rings is 1. The lowest BCUT2D eigenvalue weighted by Crippen LogP contribution is -2.59. The number of nitrogens with one attached hydrogen (secondary N) is 1. The van der Waals surface area contributed by atoms with Crippen LogP contribution in [0.5, 0.6) is 0 Å². The predicted molar refractivity (Wildman–Crippen MR) is 110 cm³/mol. The molecule has 7 nitrogen and oxygen atoms in total. The zero-order chi connectivity index (χ0) is 21.6. The number of likely N-dealkylation sites (N-methyl/N-ethyl adjacent to an activating group) is 1. The van der Waals surface area contributed by atoms with Crippen molar-refractivity contribution in [1.82, 2.24) is 15.1 Å². The molecular weight excluding hydrogens is 358 g/mol. The van der Waals surface area contributed by atoms with Crippen molar-refractivity contribution in [3.05, 3.63) is 11.6 Å². The minimum Gasteiger partial charge on any atom is -0.478 e. The Morgan fingerprint density at radius 1 is 1.25 bits per heavy atom. The monoisotopic (exact) mass is 395 g/mol. The maximum Gasteiger partial charge on any atom is 0.331 e. The first kappa shape index (κ1) is 24.1. The molecule has 1 aliphatic rings. The van der Waals surface area contributed by atoms with Gasteiger partial charge in [-0.1, -0.05) is 33.3 Å². The molecule has 7 heteroatoms. The van der Waals surface area contributed by atoms with Crippen LogP contribution in [0.4, 0.5) is 0 Å². The van der Waals surface area contributed by atoms with Gasteiger partial charge in [0, 0.05) is 25.2 Å². The number of carbonyl (C=O) groups excluding carboxylic acids is 2. The van der Waals surface area contributed by atoms with Crippen LogP contribution in [-0.2, 0) is 14.4 Å². The molecule has 2 N–H and O–H groups in total. The maximum absolute atomic E-state index is 13.0. The molecule has 2 amide bonds. The van der Waals surface area contributed by atoms with E-state index >= 15 is 0 Å². The first-order valence-electron chi connectivity index (χ1n) is 10.1. The summed E-state index contributed by atoms with van der Waals surface area (Å²) in [4.78, 5) is 40.7. The highest BCUT2D eigenvalue weighted by Crippen LogP contribution is 2.24. The second-order valence-electron chi connectivity index (χ2n) is 9.06. The van der Waals surface area contributed by atoms with E-state index in [0.29, 0.717) is 0 Å². The third-order valence-electron chi connectivity index (χ3n) is 5.29. The first-order chi connectivity index (χ1) is 12.9. The Kier molecular flexibility index (Phi) is 8.67. The molecule has 2 atom stereocenters. The van der Waals surface area contributed by atoms with Crippen LogP contribution >= 0.6 is 0 Å². The number of hydrogen-bond donors (Lipinski definition) is 2. The highest BCUT2D eigenvalue weighted by Gasteiger charge is 2.38. The van der Waals surface area contributed by atoms with Gasteiger partial charge in [0.25, 0.3) is 0 Å². The van der Waals surface area contributed by atoms with Gasteiger partial charge in [-0.15, -0.1) is 0 Å². The molecule has 1 aliphatic heterocycles. The fraction of sp³-hybridized carbons (Fsp3) is 0.762. The van der Waals surface area contributed by atoms with Crippen LogP contribution in [0, 0.1) is 5.41 Å². The van der Waals surface area contributed by atoms with Crippen molar-refractivity contribution in [1.29, 1.82) is 0 Å². The predicted octanol–water partition coefficient (Wildman–Crippen LogP) is 2.27. The minimum absolute atomic E-state index is 0.104. The molecule has 0 aromatic heterocycles. The number of hydrogen-bond acceptors (Lipinski definition) is 4. The van der Waals surface area contributed by atoms with Gasteiger partial charge in [-0.3, -0.25) is 14.5 Å². The summed E-state index contributed by atoms with van der Waals surface area (Å²) in [6, 6.07) is -0.628. The van der Waals surface area contributed by atoms with Gasteiger partial charge in [0.1, 0.15) is 6.04 Å². The lowest BCUT2D eigenvalue weighted by Gasteiger charge is -2.40. The smallest absolute Gasteiger partial charge is 0.331 e. The SMILES string of the molecule is C/C(=C\CN(C)C(=O)C(NC(=O)[C@H]1CCCCN1C(C)C)C(C)(C)C)C(=O)O. The van der Waals surface area contributed by atoms with E-state index in [0.717, 1.165) is 25.8 Å². The number of nitrogens with zero attached hydrogens (tertiary/aromatic N) is 2. The van der Waals surface area contributed by atoms with Crippen molar-refractivity contribution in [2.75, 3.05) is 20.1 Å². The van der Waals surface area contributed by atoms with Crippen LogP contribution in [0.2, 0.25) is 0 Å². The van der Waals surface area contributed by atoms with Crippen LogP contribution in [-0.4, -0.2) is 71.0 Å². The van der Waals surface area contributed by atoms with Crippen LogP contribution in [0.25, 0.3) is 0 Å². The van der Waals surface area contributed by atoms with Gasteiger partial charge in [0.15, 0.2) is 0 Å². The van der Waals surface area contributed by atoms with Crippen molar-refractivity contribution in [3.8, 4) is 0 Å². The molecule has 0 spiro atoms. The Morgan fingerprint density at radius 3 is 2.36 bits per heavy atom. The van der Waals surface area contributed by atoms with Crippen molar-refractivity contribution < 1.29 is 19.5 Å². The molecule has 1 heterocycles. The number of amides is 2.